The Balaban J connectivity index is 1.08. The molecule has 0 aromatic heterocycles. The summed E-state index contributed by atoms with van der Waals surface area (Å²) in [4.78, 5) is 131. The van der Waals surface area contributed by atoms with Crippen molar-refractivity contribution in [2.75, 3.05) is 59.9 Å². The van der Waals surface area contributed by atoms with Crippen LogP contribution in [0.1, 0.15) is 135 Å². The van der Waals surface area contributed by atoms with Crippen LogP contribution in [0.25, 0.3) is 0 Å². The first-order valence-electron chi connectivity index (χ1n) is 27.6. The van der Waals surface area contributed by atoms with Crippen molar-refractivity contribution in [1.82, 2.24) is 56.8 Å². The third kappa shape index (κ3) is 15.2. The van der Waals surface area contributed by atoms with E-state index in [4.69, 9.17) is 0 Å². The zero-order valence-corrected chi connectivity index (χ0v) is 47.0. The maximum atomic E-state index is 14.5. The second-order valence-electron chi connectivity index (χ2n) is 23.3. The summed E-state index contributed by atoms with van der Waals surface area (Å²) in [5.74, 6) is -3.66. The summed E-state index contributed by atoms with van der Waals surface area (Å²) in [6, 6.07) is 10.0. The van der Waals surface area contributed by atoms with E-state index in [2.05, 4.69) is 37.2 Å². The molecule has 8 atom stereocenters. The standard InChI is InChI=1S/C57H85N11O9/c1-35(58-9)50(72)63-48(56(3,4)5)54(76)67-30-28-65(33-43(67)52(74)61-41-24-15-20-37-18-11-13-22-39(37)41)46(70)27-17-26-45(69)60-32-47(71)66-29-31-68(55(77)49(57(6,7)8)64-51(73)36(2)59-10)44(34-66)53(75)62-42-25-16-21-38-19-12-14-23-40(38)42/h11-14,18-19,22-23,35-36,41-44,48-49,58-59H,15-17,20-21,24-34H2,1-10H3,(H,60,69)(H,61,74)(H,62,75)(H,63,72)(H,64,73)/t35-,36-,41+,42+,43-,44-,48+,49+/m0/s1. The van der Waals surface area contributed by atoms with Crippen molar-refractivity contribution in [3.8, 4) is 0 Å². The second-order valence-corrected chi connectivity index (χ2v) is 23.3. The number of carbonyl (C=O) groups excluding carboxylic acids is 9. The molecule has 2 aromatic carbocycles. The minimum Gasteiger partial charge on any atom is -0.347 e. The number of nitrogens with zero attached hydrogens (tertiary/aromatic N) is 4. The molecule has 9 amide bonds. The molecule has 0 spiro atoms. The molecular weight excluding hydrogens is 983 g/mol. The summed E-state index contributed by atoms with van der Waals surface area (Å²) in [7, 11) is 3.30. The van der Waals surface area contributed by atoms with Crippen LogP contribution in [0.2, 0.25) is 0 Å². The third-order valence-corrected chi connectivity index (χ3v) is 15.7. The number of nitrogens with one attached hydrogen (secondary N) is 7. The Morgan fingerprint density at radius 3 is 1.40 bits per heavy atom. The van der Waals surface area contributed by atoms with Crippen LogP contribution in [-0.4, -0.2) is 169 Å². The largest absolute Gasteiger partial charge is 0.347 e. The van der Waals surface area contributed by atoms with Gasteiger partial charge in [0.2, 0.25) is 53.2 Å². The van der Waals surface area contributed by atoms with E-state index in [9.17, 15) is 43.2 Å². The van der Waals surface area contributed by atoms with Crippen molar-refractivity contribution < 1.29 is 43.2 Å². The first kappa shape index (κ1) is 59.8. The van der Waals surface area contributed by atoms with Gasteiger partial charge in [-0.15, -0.1) is 0 Å². The number of fused-ring (bicyclic) bond motifs is 2. The number of rotatable bonds is 18. The summed E-state index contributed by atoms with van der Waals surface area (Å²) in [6.07, 6.45) is 4.95. The fraction of sp³-hybridized carbons (Fsp3) is 0.632. The van der Waals surface area contributed by atoms with E-state index in [1.807, 2.05) is 90.1 Å². The van der Waals surface area contributed by atoms with E-state index in [0.29, 0.717) is 12.8 Å². The first-order chi connectivity index (χ1) is 36.4. The van der Waals surface area contributed by atoms with Crippen LogP contribution in [-0.2, 0) is 56.0 Å². The lowest BCUT2D eigenvalue weighted by atomic mass is 9.85. The predicted molar refractivity (Wildman–Crippen MR) is 291 cm³/mol. The Bertz CT molecular complexity index is 2490. The van der Waals surface area contributed by atoms with E-state index in [-0.39, 0.29) is 94.9 Å². The van der Waals surface area contributed by atoms with E-state index in [1.54, 1.807) is 32.8 Å². The van der Waals surface area contributed by atoms with Gasteiger partial charge in [-0.05, 0) is 106 Å². The molecule has 2 aromatic rings. The van der Waals surface area contributed by atoms with Crippen molar-refractivity contribution in [3.63, 3.8) is 0 Å². The molecule has 77 heavy (non-hydrogen) atoms. The lowest BCUT2D eigenvalue weighted by Gasteiger charge is -2.44. The van der Waals surface area contributed by atoms with Gasteiger partial charge < -0.3 is 56.8 Å². The van der Waals surface area contributed by atoms with E-state index < -0.39 is 82.5 Å². The smallest absolute Gasteiger partial charge is 0.246 e. The monoisotopic (exact) mass is 1070 g/mol. The number of amides is 9. The van der Waals surface area contributed by atoms with Crippen LogP contribution in [0.3, 0.4) is 0 Å². The topological polar surface area (TPSA) is 251 Å². The summed E-state index contributed by atoms with van der Waals surface area (Å²) in [6.45, 7) is 14.1. The Labute approximate surface area is 454 Å². The minimum atomic E-state index is -1.10. The minimum absolute atomic E-state index is 0.00711. The number of benzene rings is 2. The van der Waals surface area contributed by atoms with Gasteiger partial charge in [-0.3, -0.25) is 43.2 Å². The first-order valence-corrected chi connectivity index (χ1v) is 27.6. The highest BCUT2D eigenvalue weighted by atomic mass is 16.2. The highest BCUT2D eigenvalue weighted by Gasteiger charge is 2.46. The lowest BCUT2D eigenvalue weighted by molar-refractivity contribution is -0.152. The molecule has 2 heterocycles. The van der Waals surface area contributed by atoms with Crippen LogP contribution in [0.5, 0.6) is 0 Å². The molecule has 2 aliphatic carbocycles. The molecule has 0 radical (unpaired) electrons. The summed E-state index contributed by atoms with van der Waals surface area (Å²) < 4.78 is 0. The lowest BCUT2D eigenvalue weighted by Crippen LogP contribution is -2.66. The highest BCUT2D eigenvalue weighted by Crippen LogP contribution is 2.32. The Kier molecular flexibility index (Phi) is 20.4. The average Bonchev–Trinajstić information content (AvgIpc) is 3.41. The quantitative estimate of drug-likeness (QED) is 0.114. The van der Waals surface area contributed by atoms with Gasteiger partial charge in [0.05, 0.1) is 43.8 Å². The van der Waals surface area contributed by atoms with Crippen molar-refractivity contribution in [3.05, 3.63) is 70.8 Å². The van der Waals surface area contributed by atoms with Crippen molar-refractivity contribution >= 4 is 53.2 Å². The fourth-order valence-corrected chi connectivity index (χ4v) is 10.7. The molecule has 2 aliphatic heterocycles. The molecule has 0 bridgehead atoms. The van der Waals surface area contributed by atoms with Crippen LogP contribution in [0.15, 0.2) is 48.5 Å². The summed E-state index contributed by atoms with van der Waals surface area (Å²) >= 11 is 0. The number of piperazine rings is 2. The van der Waals surface area contributed by atoms with Gasteiger partial charge >= 0.3 is 0 Å². The van der Waals surface area contributed by atoms with Gasteiger partial charge in [-0.25, -0.2) is 0 Å². The van der Waals surface area contributed by atoms with Crippen molar-refractivity contribution in [2.24, 2.45) is 10.8 Å². The zero-order chi connectivity index (χ0) is 56.4. The van der Waals surface area contributed by atoms with E-state index in [1.165, 1.54) is 14.7 Å². The van der Waals surface area contributed by atoms with Crippen LogP contribution >= 0.6 is 0 Å². The zero-order valence-electron chi connectivity index (χ0n) is 47.0. The number of hydrogen-bond donors (Lipinski definition) is 7. The second kappa shape index (κ2) is 26.3. The van der Waals surface area contributed by atoms with Crippen molar-refractivity contribution in [1.29, 1.82) is 0 Å². The van der Waals surface area contributed by atoms with Crippen LogP contribution < -0.4 is 37.2 Å². The Hall–Kier alpha value is -6.41. The molecule has 6 rings (SSSR count). The predicted octanol–water partition coefficient (Wildman–Crippen LogP) is 2.02. The van der Waals surface area contributed by atoms with Crippen LogP contribution in [0.4, 0.5) is 0 Å². The van der Waals surface area contributed by atoms with Crippen LogP contribution in [0, 0.1) is 10.8 Å². The van der Waals surface area contributed by atoms with E-state index in [0.717, 1.165) is 47.9 Å². The van der Waals surface area contributed by atoms with Gasteiger partial charge in [-0.2, -0.15) is 0 Å². The number of carbonyl (C=O) groups is 9. The highest BCUT2D eigenvalue weighted by molar-refractivity contribution is 5.96. The third-order valence-electron chi connectivity index (χ3n) is 15.7. The molecule has 0 saturated carbocycles. The van der Waals surface area contributed by atoms with Gasteiger partial charge in [-0.1, -0.05) is 90.1 Å². The van der Waals surface area contributed by atoms with Gasteiger partial charge in [0, 0.05) is 39.0 Å². The van der Waals surface area contributed by atoms with Gasteiger partial charge in [0.25, 0.3) is 0 Å². The van der Waals surface area contributed by atoms with Gasteiger partial charge in [0.1, 0.15) is 24.2 Å². The summed E-state index contributed by atoms with van der Waals surface area (Å²) in [5.41, 5.74) is 2.86. The Morgan fingerprint density at radius 2 is 0.987 bits per heavy atom. The number of aryl methyl sites for hydroxylation is 2. The normalized spacial score (nSPS) is 21.2. The molecule has 2 fully saturated rings. The number of likely N-dealkylation sites (N-methyl/N-ethyl adjacent to an activating group) is 2. The molecular formula is C57H85N11O9. The molecule has 7 N–H and O–H groups in total. The SMILES string of the molecule is CN[C@@H](C)C(=O)N[C@H](C(=O)N1CCN(C(=O)CCCC(=O)NCC(=O)N2CCN(C(=O)[C@@H](NC(=O)[C@H](C)NC)C(C)(C)C)[C@H](C(=O)N[C@@H]3CCCc4ccccc43)C2)C[C@H]1C(=O)N[C@@H]1CCCc2ccccc21)C(C)(C)C. The number of hydrogen-bond acceptors (Lipinski definition) is 11. The maximum Gasteiger partial charge on any atom is 0.246 e. The molecule has 422 valence electrons. The molecule has 20 heteroatoms. The molecule has 0 unspecified atom stereocenters. The molecule has 2 saturated heterocycles. The molecule has 4 aliphatic rings. The van der Waals surface area contributed by atoms with Gasteiger partial charge in [0.15, 0.2) is 0 Å². The maximum absolute atomic E-state index is 14.5. The summed E-state index contributed by atoms with van der Waals surface area (Å²) in [5, 5.41) is 20.6. The Morgan fingerprint density at radius 1 is 0.571 bits per heavy atom. The van der Waals surface area contributed by atoms with Crippen molar-refractivity contribution in [2.45, 2.75) is 162 Å². The van der Waals surface area contributed by atoms with E-state index >= 15 is 0 Å². The average molecular weight is 1070 g/mol. The molecule has 20 nitrogen and oxygen atoms in total. The fourth-order valence-electron chi connectivity index (χ4n) is 10.7.